The normalized spacial score (nSPS) is 18.0. The topological polar surface area (TPSA) is 66.5 Å². The molecule has 2 amide bonds. The minimum Gasteiger partial charge on any atom is -0.350 e. The van der Waals surface area contributed by atoms with Crippen molar-refractivity contribution in [2.45, 2.75) is 53.5 Å². The fourth-order valence-corrected chi connectivity index (χ4v) is 2.62. The highest BCUT2D eigenvalue weighted by molar-refractivity contribution is 8.04. The number of thioether (sulfide) groups is 1. The molecule has 0 aromatic heterocycles. The van der Waals surface area contributed by atoms with Crippen LogP contribution in [-0.2, 0) is 14.4 Å². The second-order valence-electron chi connectivity index (χ2n) is 7.15. The Balaban J connectivity index is 2.83. The summed E-state index contributed by atoms with van der Waals surface area (Å²) in [6.07, 6.45) is 2.28. The Hall–Kier alpha value is -1.30. The van der Waals surface area contributed by atoms with Crippen molar-refractivity contribution in [3.8, 4) is 0 Å². The van der Waals surface area contributed by atoms with Gasteiger partial charge in [0.25, 0.3) is 0 Å². The highest BCUT2D eigenvalue weighted by Crippen LogP contribution is 2.30. The van der Waals surface area contributed by atoms with Gasteiger partial charge in [0.15, 0.2) is 5.78 Å². The largest absolute Gasteiger partial charge is 0.350 e. The van der Waals surface area contributed by atoms with E-state index < -0.39 is 5.41 Å². The fourth-order valence-electron chi connectivity index (χ4n) is 1.68. The first kappa shape index (κ1) is 18.7. The predicted molar refractivity (Wildman–Crippen MR) is 89.2 cm³/mol. The standard InChI is InChI=1S/C16H26N2O3S/c1-7-16(5,6)17-12(20)9-18-13(21)10-22-14(18)8-11(19)15(2,3)4/h8H,7,9-10H2,1-6H3,(H,17,20). The molecule has 0 aromatic rings. The van der Waals surface area contributed by atoms with E-state index in [1.807, 2.05) is 41.5 Å². The summed E-state index contributed by atoms with van der Waals surface area (Å²) in [6.45, 7) is 11.3. The van der Waals surface area contributed by atoms with Gasteiger partial charge in [0, 0.05) is 17.0 Å². The molecule has 6 heteroatoms. The predicted octanol–water partition coefficient (Wildman–Crippen LogP) is 2.32. The molecule has 22 heavy (non-hydrogen) atoms. The van der Waals surface area contributed by atoms with Crippen molar-refractivity contribution in [3.05, 3.63) is 11.1 Å². The number of nitrogens with zero attached hydrogens (tertiary/aromatic N) is 1. The summed E-state index contributed by atoms with van der Waals surface area (Å²) in [5.41, 5.74) is -0.810. The Morgan fingerprint density at radius 1 is 1.27 bits per heavy atom. The van der Waals surface area contributed by atoms with Gasteiger partial charge in [0.2, 0.25) is 11.8 Å². The van der Waals surface area contributed by atoms with Gasteiger partial charge < -0.3 is 5.32 Å². The van der Waals surface area contributed by atoms with Crippen molar-refractivity contribution in [2.75, 3.05) is 12.3 Å². The lowest BCUT2D eigenvalue weighted by Crippen LogP contribution is -2.47. The van der Waals surface area contributed by atoms with Crippen LogP contribution < -0.4 is 5.32 Å². The maximum Gasteiger partial charge on any atom is 0.240 e. The first-order valence-corrected chi connectivity index (χ1v) is 8.45. The molecule has 0 aliphatic carbocycles. The summed E-state index contributed by atoms with van der Waals surface area (Å²) in [6, 6.07) is 0. The zero-order valence-electron chi connectivity index (χ0n) is 14.3. The highest BCUT2D eigenvalue weighted by Gasteiger charge is 2.31. The third-order valence-corrected chi connectivity index (χ3v) is 4.59. The van der Waals surface area contributed by atoms with Crippen LogP contribution in [0.2, 0.25) is 0 Å². The SMILES string of the molecule is CCC(C)(C)NC(=O)CN1C(=O)CSC1=CC(=O)C(C)(C)C. The third kappa shape index (κ3) is 5.16. The zero-order valence-corrected chi connectivity index (χ0v) is 15.1. The first-order chi connectivity index (χ1) is 9.96. The van der Waals surface area contributed by atoms with Gasteiger partial charge in [-0.05, 0) is 20.3 Å². The smallest absolute Gasteiger partial charge is 0.240 e. The van der Waals surface area contributed by atoms with Crippen LogP contribution in [0.5, 0.6) is 0 Å². The molecule has 1 rings (SSSR count). The van der Waals surface area contributed by atoms with Crippen LogP contribution in [0.25, 0.3) is 0 Å². The number of hydrogen-bond donors (Lipinski definition) is 1. The molecular formula is C16H26N2O3S. The van der Waals surface area contributed by atoms with E-state index in [-0.39, 0.29) is 35.4 Å². The average molecular weight is 326 g/mol. The van der Waals surface area contributed by atoms with E-state index in [1.54, 1.807) is 0 Å². The van der Waals surface area contributed by atoms with Gasteiger partial charge in [-0.3, -0.25) is 19.3 Å². The average Bonchev–Trinajstić information content (AvgIpc) is 2.69. The molecule has 0 unspecified atom stereocenters. The Kier molecular flexibility index (Phi) is 5.84. The number of carbonyl (C=O) groups excluding carboxylic acids is 3. The molecule has 124 valence electrons. The number of rotatable bonds is 5. The van der Waals surface area contributed by atoms with Gasteiger partial charge in [-0.25, -0.2) is 0 Å². The summed E-state index contributed by atoms with van der Waals surface area (Å²) in [4.78, 5) is 37.6. The number of carbonyl (C=O) groups is 3. The molecule has 1 saturated heterocycles. The molecule has 5 nitrogen and oxygen atoms in total. The van der Waals surface area contributed by atoms with Gasteiger partial charge >= 0.3 is 0 Å². The van der Waals surface area contributed by atoms with E-state index in [2.05, 4.69) is 5.32 Å². The van der Waals surface area contributed by atoms with Crippen molar-refractivity contribution >= 4 is 29.4 Å². The van der Waals surface area contributed by atoms with Crippen LogP contribution in [0, 0.1) is 5.41 Å². The number of amides is 2. The Labute approximate surface area is 136 Å². The van der Waals surface area contributed by atoms with Gasteiger partial charge in [-0.1, -0.05) is 39.5 Å². The van der Waals surface area contributed by atoms with Crippen LogP contribution in [0.4, 0.5) is 0 Å². The molecule has 0 radical (unpaired) electrons. The molecule has 1 heterocycles. The first-order valence-electron chi connectivity index (χ1n) is 7.46. The maximum atomic E-state index is 12.1. The number of ketones is 1. The lowest BCUT2D eigenvalue weighted by atomic mass is 9.91. The Morgan fingerprint density at radius 3 is 2.36 bits per heavy atom. The summed E-state index contributed by atoms with van der Waals surface area (Å²) in [5, 5.41) is 3.47. The van der Waals surface area contributed by atoms with E-state index in [4.69, 9.17) is 0 Å². The molecule has 0 saturated carbocycles. The molecular weight excluding hydrogens is 300 g/mol. The summed E-state index contributed by atoms with van der Waals surface area (Å²) in [7, 11) is 0. The molecule has 0 atom stereocenters. The summed E-state index contributed by atoms with van der Waals surface area (Å²) >= 11 is 1.31. The quantitative estimate of drug-likeness (QED) is 0.788. The van der Waals surface area contributed by atoms with E-state index in [9.17, 15) is 14.4 Å². The van der Waals surface area contributed by atoms with Crippen LogP contribution in [0.15, 0.2) is 11.1 Å². The Bertz CT molecular complexity index is 504. The summed E-state index contributed by atoms with van der Waals surface area (Å²) < 4.78 is 0. The van der Waals surface area contributed by atoms with Crippen molar-refractivity contribution in [1.82, 2.24) is 10.2 Å². The van der Waals surface area contributed by atoms with Gasteiger partial charge in [-0.15, -0.1) is 0 Å². The van der Waals surface area contributed by atoms with Crippen LogP contribution >= 0.6 is 11.8 Å². The molecule has 1 fully saturated rings. The minimum atomic E-state index is -0.503. The summed E-state index contributed by atoms with van der Waals surface area (Å²) in [5.74, 6) is -0.128. The highest BCUT2D eigenvalue weighted by atomic mass is 32.2. The molecule has 1 N–H and O–H groups in total. The van der Waals surface area contributed by atoms with Crippen LogP contribution in [0.1, 0.15) is 48.0 Å². The third-order valence-electron chi connectivity index (χ3n) is 3.57. The number of allylic oxidation sites excluding steroid dienone is 1. The maximum absolute atomic E-state index is 12.1. The van der Waals surface area contributed by atoms with Gasteiger partial charge in [-0.2, -0.15) is 0 Å². The number of hydrogen-bond acceptors (Lipinski definition) is 4. The zero-order chi connectivity index (χ0) is 17.1. The second-order valence-corrected chi connectivity index (χ2v) is 8.15. The molecule has 0 bridgehead atoms. The van der Waals surface area contributed by atoms with E-state index >= 15 is 0 Å². The monoisotopic (exact) mass is 326 g/mol. The molecule has 0 aromatic carbocycles. The van der Waals surface area contributed by atoms with Crippen LogP contribution in [0.3, 0.4) is 0 Å². The van der Waals surface area contributed by atoms with Crippen molar-refractivity contribution in [2.24, 2.45) is 5.41 Å². The lowest BCUT2D eigenvalue weighted by molar-refractivity contribution is -0.132. The lowest BCUT2D eigenvalue weighted by Gasteiger charge is -2.26. The van der Waals surface area contributed by atoms with Crippen molar-refractivity contribution in [1.29, 1.82) is 0 Å². The molecule has 1 aliphatic rings. The Morgan fingerprint density at radius 2 is 1.86 bits per heavy atom. The minimum absolute atomic E-state index is 0.0431. The molecule has 1 aliphatic heterocycles. The van der Waals surface area contributed by atoms with Crippen molar-refractivity contribution in [3.63, 3.8) is 0 Å². The van der Waals surface area contributed by atoms with E-state index in [0.717, 1.165) is 6.42 Å². The van der Waals surface area contributed by atoms with Crippen LogP contribution in [-0.4, -0.2) is 40.3 Å². The second kappa shape index (κ2) is 6.86. The van der Waals surface area contributed by atoms with Gasteiger partial charge in [0.05, 0.1) is 10.8 Å². The molecule has 0 spiro atoms. The van der Waals surface area contributed by atoms with Gasteiger partial charge in [0.1, 0.15) is 6.54 Å². The van der Waals surface area contributed by atoms with E-state index in [0.29, 0.717) is 5.03 Å². The van der Waals surface area contributed by atoms with Crippen molar-refractivity contribution < 1.29 is 14.4 Å². The van der Waals surface area contributed by atoms with E-state index in [1.165, 1.54) is 22.7 Å². The fraction of sp³-hybridized carbons (Fsp3) is 0.688. The number of nitrogens with one attached hydrogen (secondary N) is 1.